The van der Waals surface area contributed by atoms with Gasteiger partial charge in [0.05, 0.1) is 17.8 Å². The summed E-state index contributed by atoms with van der Waals surface area (Å²) in [6, 6.07) is 12.6. The van der Waals surface area contributed by atoms with Crippen molar-refractivity contribution in [2.45, 2.75) is 58.3 Å². The average molecular weight is 599 g/mol. The lowest BCUT2D eigenvalue weighted by atomic mass is 9.98. The van der Waals surface area contributed by atoms with Crippen molar-refractivity contribution in [1.29, 1.82) is 0 Å². The maximum absolute atomic E-state index is 15.6. The van der Waals surface area contributed by atoms with Crippen LogP contribution in [0.4, 0.5) is 15.8 Å². The van der Waals surface area contributed by atoms with Crippen molar-refractivity contribution in [1.82, 2.24) is 4.57 Å². The number of aryl methyl sites for hydroxylation is 1. The molecule has 6 rings (SSSR count). The number of anilines is 2. The minimum atomic E-state index is -0.602. The summed E-state index contributed by atoms with van der Waals surface area (Å²) in [6.07, 6.45) is 9.12. The fourth-order valence-electron chi connectivity index (χ4n) is 5.72. The van der Waals surface area contributed by atoms with Crippen LogP contribution in [0.2, 0.25) is 5.02 Å². The summed E-state index contributed by atoms with van der Waals surface area (Å²) in [5.74, 6) is -0.555. The van der Waals surface area contributed by atoms with E-state index >= 15 is 4.39 Å². The lowest BCUT2D eigenvalue weighted by Crippen LogP contribution is -2.22. The number of carbonyl (C=O) groups excluding carboxylic acids is 2. The van der Waals surface area contributed by atoms with Gasteiger partial charge in [0.2, 0.25) is 11.8 Å². The Bertz CT molecular complexity index is 1820. The molecule has 220 valence electrons. The summed E-state index contributed by atoms with van der Waals surface area (Å²) in [4.78, 5) is 42.4. The number of amides is 2. The summed E-state index contributed by atoms with van der Waals surface area (Å²) in [5.41, 5.74) is 4.18. The van der Waals surface area contributed by atoms with E-state index in [1.54, 1.807) is 31.2 Å². The first-order valence-electron chi connectivity index (χ1n) is 14.4. The molecule has 7 nitrogen and oxygen atoms in total. The van der Waals surface area contributed by atoms with E-state index in [-0.39, 0.29) is 51.2 Å². The van der Waals surface area contributed by atoms with Crippen LogP contribution in [0, 0.1) is 18.2 Å². The van der Waals surface area contributed by atoms with Gasteiger partial charge in [0.1, 0.15) is 5.02 Å². The third-order valence-corrected chi connectivity index (χ3v) is 9.01. The van der Waals surface area contributed by atoms with Crippen molar-refractivity contribution in [2.24, 2.45) is 10.4 Å². The van der Waals surface area contributed by atoms with Gasteiger partial charge in [0.15, 0.2) is 5.82 Å². The molecular formula is C34H32ClFN4O3. The van der Waals surface area contributed by atoms with Crippen LogP contribution in [0.5, 0.6) is 0 Å². The molecule has 1 aromatic heterocycles. The molecule has 0 saturated heterocycles. The van der Waals surface area contributed by atoms with Crippen molar-refractivity contribution in [3.63, 3.8) is 0 Å². The van der Waals surface area contributed by atoms with Crippen molar-refractivity contribution < 1.29 is 14.0 Å². The quantitative estimate of drug-likeness (QED) is 0.275. The predicted molar refractivity (Wildman–Crippen MR) is 168 cm³/mol. The third kappa shape index (κ3) is 5.47. The molecular weight excluding hydrogens is 567 g/mol. The zero-order chi connectivity index (χ0) is 30.5. The monoisotopic (exact) mass is 598 g/mol. The van der Waals surface area contributed by atoms with Crippen molar-refractivity contribution >= 4 is 46.7 Å². The minimum Gasteiger partial charge on any atom is -0.326 e. The summed E-state index contributed by atoms with van der Waals surface area (Å²) < 4.78 is 17.1. The number of pyridine rings is 1. The Morgan fingerprint density at radius 3 is 2.65 bits per heavy atom. The largest absolute Gasteiger partial charge is 0.326 e. The number of fused-ring (bicyclic) bond motifs is 1. The molecule has 3 aromatic rings. The highest BCUT2D eigenvalue weighted by Crippen LogP contribution is 2.57. The molecule has 0 spiro atoms. The van der Waals surface area contributed by atoms with Gasteiger partial charge in [0, 0.05) is 34.8 Å². The molecule has 0 radical (unpaired) electrons. The summed E-state index contributed by atoms with van der Waals surface area (Å²) in [5, 5.41) is 5.75. The van der Waals surface area contributed by atoms with E-state index in [1.807, 2.05) is 38.1 Å². The lowest BCUT2D eigenvalue weighted by molar-refractivity contribution is -0.120. The lowest BCUT2D eigenvalue weighted by Gasteiger charge is -2.13. The van der Waals surface area contributed by atoms with Crippen LogP contribution in [-0.4, -0.2) is 22.1 Å². The molecule has 2 aliphatic carbocycles. The number of aliphatic imine (C=N–C) groups is 1. The topological polar surface area (TPSA) is 92.6 Å². The molecule has 3 aliphatic rings. The zero-order valence-electron chi connectivity index (χ0n) is 24.2. The first-order chi connectivity index (χ1) is 20.6. The molecule has 2 atom stereocenters. The fourth-order valence-corrected chi connectivity index (χ4v) is 6.01. The Hall–Kier alpha value is -4.30. The van der Waals surface area contributed by atoms with E-state index in [1.165, 1.54) is 23.0 Å². The van der Waals surface area contributed by atoms with E-state index in [0.29, 0.717) is 12.1 Å². The smallest absolute Gasteiger partial charge is 0.273 e. The van der Waals surface area contributed by atoms with E-state index < -0.39 is 11.2 Å². The van der Waals surface area contributed by atoms with Crippen LogP contribution in [-0.2, 0) is 16.0 Å². The first kappa shape index (κ1) is 28.8. The number of halogens is 2. The summed E-state index contributed by atoms with van der Waals surface area (Å²) in [6.45, 7) is 5.48. The Labute approximate surface area is 254 Å². The van der Waals surface area contributed by atoms with Gasteiger partial charge < -0.3 is 10.6 Å². The number of nitrogens with one attached hydrogen (secondary N) is 2. The maximum Gasteiger partial charge on any atom is 0.273 e. The van der Waals surface area contributed by atoms with E-state index in [9.17, 15) is 14.4 Å². The number of benzene rings is 2. The Morgan fingerprint density at radius 2 is 1.91 bits per heavy atom. The average Bonchev–Trinajstić information content (AvgIpc) is 3.90. The standard InChI is InChI=1S/C34H32ClFN4O3/c1-4-14-37-26(21-8-6-10-28(31(21)36)39-33(43)34(3)12-13-34)11-15-40-19(2)16-25(30(35)32(40)42)23-17-22(23)20-7-5-9-27-24(20)18-29(41)38-27/h4-11,14-16,22-23H,12-13,17-18H2,1-3H3,(H,38,41)(H,39,43)/b14-4+,15-11+,37-26-. The number of hydrogen-bond acceptors (Lipinski definition) is 4. The highest BCUT2D eigenvalue weighted by Gasteiger charge is 2.45. The number of nitrogens with zero attached hydrogens (tertiary/aromatic N) is 2. The van der Waals surface area contributed by atoms with Gasteiger partial charge in [-0.25, -0.2) is 4.39 Å². The van der Waals surface area contributed by atoms with E-state index in [0.717, 1.165) is 41.6 Å². The first-order valence-corrected chi connectivity index (χ1v) is 14.8. The molecule has 2 saturated carbocycles. The maximum atomic E-state index is 15.6. The summed E-state index contributed by atoms with van der Waals surface area (Å²) in [7, 11) is 0. The Kier molecular flexibility index (Phi) is 7.42. The Balaban J connectivity index is 1.28. The SMILES string of the molecule is C/C=C/N=C(/C=C/n1c(C)cc(C2CC2c2cccc3c2CC(=O)N3)c(Cl)c1=O)c1cccc(NC(=O)C2(C)CC2)c1F. The number of rotatable bonds is 8. The molecule has 2 amide bonds. The van der Waals surface area contributed by atoms with Gasteiger partial charge in [-0.15, -0.1) is 0 Å². The Morgan fingerprint density at radius 1 is 1.16 bits per heavy atom. The van der Waals surface area contributed by atoms with Crippen LogP contribution >= 0.6 is 11.6 Å². The van der Waals surface area contributed by atoms with Gasteiger partial charge in [-0.3, -0.25) is 23.9 Å². The minimum absolute atomic E-state index is 0.00999. The zero-order valence-corrected chi connectivity index (χ0v) is 25.0. The third-order valence-electron chi connectivity index (χ3n) is 8.63. The molecule has 43 heavy (non-hydrogen) atoms. The van der Waals surface area contributed by atoms with E-state index in [2.05, 4.69) is 15.6 Å². The molecule has 1 aliphatic heterocycles. The highest BCUT2D eigenvalue weighted by molar-refractivity contribution is 6.31. The number of allylic oxidation sites excluding steroid dienone is 2. The second-order valence-electron chi connectivity index (χ2n) is 11.8. The van der Waals surface area contributed by atoms with Gasteiger partial charge in [-0.05, 0) is 92.0 Å². The van der Waals surface area contributed by atoms with Gasteiger partial charge in [0.25, 0.3) is 5.56 Å². The number of aromatic nitrogens is 1. The molecule has 0 bridgehead atoms. The van der Waals surface area contributed by atoms with Crippen molar-refractivity contribution in [3.8, 4) is 0 Å². The predicted octanol–water partition coefficient (Wildman–Crippen LogP) is 6.95. The van der Waals surface area contributed by atoms with E-state index in [4.69, 9.17) is 11.6 Å². The highest BCUT2D eigenvalue weighted by atomic mass is 35.5. The number of carbonyl (C=O) groups is 2. The van der Waals surface area contributed by atoms with Crippen LogP contribution in [0.25, 0.3) is 6.20 Å². The fraction of sp³-hybridized carbons (Fsp3) is 0.294. The number of hydrogen-bond donors (Lipinski definition) is 2. The van der Waals surface area contributed by atoms with Crippen LogP contribution in [0.3, 0.4) is 0 Å². The molecule has 9 heteroatoms. The van der Waals surface area contributed by atoms with Crippen LogP contribution < -0.4 is 16.2 Å². The summed E-state index contributed by atoms with van der Waals surface area (Å²) >= 11 is 6.68. The van der Waals surface area contributed by atoms with Gasteiger partial charge >= 0.3 is 0 Å². The molecule has 2 unspecified atom stereocenters. The van der Waals surface area contributed by atoms with Crippen molar-refractivity contribution in [3.05, 3.63) is 110 Å². The van der Waals surface area contributed by atoms with Gasteiger partial charge in [-0.2, -0.15) is 0 Å². The molecule has 2 fully saturated rings. The normalized spacial score (nSPS) is 20.4. The molecule has 2 aromatic carbocycles. The molecule has 2 N–H and O–H groups in total. The molecule has 2 heterocycles. The van der Waals surface area contributed by atoms with Crippen molar-refractivity contribution in [2.75, 3.05) is 10.6 Å². The second kappa shape index (κ2) is 11.1. The van der Waals surface area contributed by atoms with Crippen LogP contribution in [0.1, 0.15) is 72.9 Å². The van der Waals surface area contributed by atoms with Gasteiger partial charge in [-0.1, -0.05) is 42.8 Å². The second-order valence-corrected chi connectivity index (χ2v) is 12.1. The van der Waals surface area contributed by atoms with Crippen LogP contribution in [0.15, 0.2) is 70.6 Å².